The summed E-state index contributed by atoms with van der Waals surface area (Å²) in [6.45, 7) is 16.0. The van der Waals surface area contributed by atoms with Crippen molar-refractivity contribution >= 4 is 32.3 Å². The van der Waals surface area contributed by atoms with Gasteiger partial charge in [-0.1, -0.05) is 72.5 Å². The van der Waals surface area contributed by atoms with Crippen molar-refractivity contribution in [1.29, 1.82) is 0 Å². The summed E-state index contributed by atoms with van der Waals surface area (Å²) in [5, 5.41) is 2.10. The molecule has 2 aliphatic heterocycles. The number of aryl methyl sites for hydroxylation is 1. The monoisotopic (exact) mass is 527 g/mol. The Morgan fingerprint density at radius 3 is 2.34 bits per heavy atom. The van der Waals surface area contributed by atoms with Gasteiger partial charge in [-0.15, -0.1) is 9.24 Å². The highest BCUT2D eigenvalue weighted by Gasteiger charge is 2.41. The Morgan fingerprint density at radius 2 is 1.83 bits per heavy atom. The molecule has 0 amide bonds. The summed E-state index contributed by atoms with van der Waals surface area (Å²) in [4.78, 5) is 12.7. The molecule has 3 unspecified atom stereocenters. The molecule has 2 aliphatic rings. The van der Waals surface area contributed by atoms with Gasteiger partial charge < -0.3 is 9.47 Å². The van der Waals surface area contributed by atoms with Gasteiger partial charge in [0.25, 0.3) is 0 Å². The summed E-state index contributed by atoms with van der Waals surface area (Å²) < 4.78 is 16.8. The number of ether oxygens (including phenoxy) is 2. The van der Waals surface area contributed by atoms with Gasteiger partial charge in [0.15, 0.2) is 0 Å². The Morgan fingerprint density at radius 1 is 1.20 bits per heavy atom. The number of rotatable bonds is 9. The van der Waals surface area contributed by atoms with E-state index in [2.05, 4.69) is 66.7 Å². The molecule has 202 valence electrons. The highest BCUT2D eigenvalue weighted by Crippen LogP contribution is 2.32. The Balaban J connectivity index is 0.000000587. The molecule has 1 aromatic heterocycles. The summed E-state index contributed by atoms with van der Waals surface area (Å²) in [5.74, 6) is 0.198. The zero-order valence-corrected chi connectivity index (χ0v) is 25.4. The van der Waals surface area contributed by atoms with Crippen LogP contribution in [0.25, 0.3) is 5.57 Å². The third kappa shape index (κ3) is 10.6. The molecular weight excluding hydrogens is 475 g/mol. The second-order valence-corrected chi connectivity index (χ2v) is 10.9. The van der Waals surface area contributed by atoms with Crippen molar-refractivity contribution in [2.75, 3.05) is 40.0 Å². The van der Waals surface area contributed by atoms with E-state index in [1.165, 1.54) is 54.8 Å². The standard InChI is InChI=1S/C20H31N2O3S.C7H16.CH5P/c1-14(2)19(25-20(23)16-7-10-24-11-8-16)22(4)9-5-6-17(12-22)18-15(3)13-26-21-18;1-3-5-7-6-4-2;1-2/h6,13-14,16,19H,5,7-12H2,1-4H3;3-7H2,1-2H3;2H2,1H3/q+1;;. The number of aromatic nitrogens is 1. The van der Waals surface area contributed by atoms with E-state index in [-0.39, 0.29) is 24.0 Å². The Labute approximate surface area is 222 Å². The SMILES string of the molecule is CCCCCCC.CP.Cc1csnc1C1=CCC[N+](C)(C(OC(=O)C2CCOCC2)C(C)C)C1. The molecule has 0 aliphatic carbocycles. The first-order valence-corrected chi connectivity index (χ1v) is 15.6. The van der Waals surface area contributed by atoms with Crippen molar-refractivity contribution in [3.63, 3.8) is 0 Å². The fraction of sp³-hybridized carbons (Fsp3) is 0.786. The molecule has 3 heterocycles. The van der Waals surface area contributed by atoms with Crippen LogP contribution in [-0.4, -0.2) is 61.1 Å². The van der Waals surface area contributed by atoms with Crippen molar-refractivity contribution in [3.8, 4) is 0 Å². The number of nitrogens with zero attached hydrogens (tertiary/aromatic N) is 2. The number of quaternary nitrogens is 1. The first-order chi connectivity index (χ1) is 16.8. The van der Waals surface area contributed by atoms with E-state index in [9.17, 15) is 4.79 Å². The summed E-state index contributed by atoms with van der Waals surface area (Å²) in [5.41, 5.74) is 3.62. The minimum atomic E-state index is -0.131. The first kappa shape index (κ1) is 32.2. The van der Waals surface area contributed by atoms with Crippen LogP contribution in [0.3, 0.4) is 0 Å². The maximum absolute atomic E-state index is 12.7. The normalized spacial score (nSPS) is 21.2. The molecule has 0 saturated carbocycles. The van der Waals surface area contributed by atoms with Crippen LogP contribution in [-0.2, 0) is 14.3 Å². The quantitative estimate of drug-likeness (QED) is 0.149. The number of carbonyl (C=O) groups is 1. The lowest BCUT2D eigenvalue weighted by Crippen LogP contribution is -2.59. The van der Waals surface area contributed by atoms with E-state index in [1.807, 2.05) is 6.66 Å². The molecule has 3 atom stereocenters. The van der Waals surface area contributed by atoms with Crippen molar-refractivity contribution in [2.45, 2.75) is 92.2 Å². The molecule has 1 saturated heterocycles. The molecule has 1 aromatic rings. The van der Waals surface area contributed by atoms with Crippen LogP contribution in [0.15, 0.2) is 11.5 Å². The average molecular weight is 528 g/mol. The smallest absolute Gasteiger partial charge is 0.313 e. The molecule has 0 spiro atoms. The Bertz CT molecular complexity index is 742. The van der Waals surface area contributed by atoms with Gasteiger partial charge >= 0.3 is 5.97 Å². The van der Waals surface area contributed by atoms with E-state index in [0.29, 0.717) is 13.2 Å². The highest BCUT2D eigenvalue weighted by molar-refractivity contribution is 7.15. The van der Waals surface area contributed by atoms with Crippen LogP contribution in [0.4, 0.5) is 0 Å². The number of esters is 1. The van der Waals surface area contributed by atoms with Gasteiger partial charge in [0, 0.05) is 36.5 Å². The first-order valence-electron chi connectivity index (χ1n) is 13.6. The number of hydrogen-bond acceptors (Lipinski definition) is 5. The van der Waals surface area contributed by atoms with Gasteiger partial charge in [0.2, 0.25) is 6.23 Å². The van der Waals surface area contributed by atoms with E-state index in [4.69, 9.17) is 9.47 Å². The molecule has 7 heteroatoms. The summed E-state index contributed by atoms with van der Waals surface area (Å²) in [6, 6.07) is 0. The van der Waals surface area contributed by atoms with Gasteiger partial charge in [-0.05, 0) is 36.9 Å². The van der Waals surface area contributed by atoms with Crippen LogP contribution in [0.5, 0.6) is 0 Å². The third-order valence-corrected chi connectivity index (χ3v) is 7.54. The van der Waals surface area contributed by atoms with E-state index >= 15 is 0 Å². The number of likely N-dealkylation sites (N-methyl/N-ethyl adjacent to an activating group) is 1. The maximum Gasteiger partial charge on any atom is 0.313 e. The second-order valence-electron chi connectivity index (χ2n) is 10.2. The topological polar surface area (TPSA) is 48.4 Å². The average Bonchev–Trinajstić information content (AvgIpc) is 3.30. The minimum absolute atomic E-state index is 0.0165. The van der Waals surface area contributed by atoms with Crippen LogP contribution < -0.4 is 0 Å². The highest BCUT2D eigenvalue weighted by atomic mass is 32.1. The largest absolute Gasteiger partial charge is 0.412 e. The van der Waals surface area contributed by atoms with Crippen molar-refractivity contribution in [3.05, 3.63) is 22.7 Å². The van der Waals surface area contributed by atoms with Crippen molar-refractivity contribution < 1.29 is 18.8 Å². The predicted octanol–water partition coefficient (Wildman–Crippen LogP) is 7.11. The lowest BCUT2D eigenvalue weighted by Gasteiger charge is -2.44. The Hall–Kier alpha value is -0.810. The fourth-order valence-electron chi connectivity index (χ4n) is 4.86. The van der Waals surface area contributed by atoms with Crippen molar-refractivity contribution in [2.24, 2.45) is 11.8 Å². The third-order valence-electron chi connectivity index (χ3n) is 6.80. The zero-order chi connectivity index (χ0) is 26.3. The number of unbranched alkanes of at least 4 members (excludes halogenated alkanes) is 4. The lowest BCUT2D eigenvalue weighted by molar-refractivity contribution is -0.950. The van der Waals surface area contributed by atoms with Crippen LogP contribution in [0, 0.1) is 18.8 Å². The molecule has 3 rings (SSSR count). The summed E-state index contributed by atoms with van der Waals surface area (Å²) in [6.07, 6.45) is 11.7. The molecular formula is C28H52N2O3PS+. The van der Waals surface area contributed by atoms with Gasteiger partial charge in [-0.2, -0.15) is 4.37 Å². The van der Waals surface area contributed by atoms with Crippen LogP contribution in [0.1, 0.15) is 90.3 Å². The molecule has 0 radical (unpaired) electrons. The molecule has 0 aromatic carbocycles. The molecule has 5 nitrogen and oxygen atoms in total. The van der Waals surface area contributed by atoms with E-state index in [1.54, 1.807) is 0 Å². The Kier molecular flexibility index (Phi) is 16.2. The van der Waals surface area contributed by atoms with Gasteiger partial charge in [0.1, 0.15) is 6.54 Å². The van der Waals surface area contributed by atoms with E-state index < -0.39 is 0 Å². The van der Waals surface area contributed by atoms with Crippen LogP contribution in [0.2, 0.25) is 0 Å². The van der Waals surface area contributed by atoms with Gasteiger partial charge in [0.05, 0.1) is 25.2 Å². The summed E-state index contributed by atoms with van der Waals surface area (Å²) >= 11 is 1.51. The lowest BCUT2D eigenvalue weighted by atomic mass is 9.98. The van der Waals surface area contributed by atoms with E-state index in [0.717, 1.165) is 42.5 Å². The zero-order valence-electron chi connectivity index (χ0n) is 23.5. The molecule has 35 heavy (non-hydrogen) atoms. The van der Waals surface area contributed by atoms with Crippen molar-refractivity contribution in [1.82, 2.24) is 4.37 Å². The number of carbonyl (C=O) groups excluding carboxylic acids is 1. The maximum atomic E-state index is 12.7. The molecule has 1 fully saturated rings. The predicted molar refractivity (Wildman–Crippen MR) is 154 cm³/mol. The van der Waals surface area contributed by atoms with Gasteiger partial charge in [-0.25, -0.2) is 0 Å². The minimum Gasteiger partial charge on any atom is -0.412 e. The number of hydrogen-bond donors (Lipinski definition) is 0. The molecule has 0 N–H and O–H groups in total. The van der Waals surface area contributed by atoms with Crippen LogP contribution >= 0.6 is 20.8 Å². The molecule has 0 bridgehead atoms. The summed E-state index contributed by atoms with van der Waals surface area (Å²) in [7, 11) is 4.64. The van der Waals surface area contributed by atoms with Gasteiger partial charge in [-0.3, -0.25) is 9.28 Å². The fourth-order valence-corrected chi connectivity index (χ4v) is 5.55. The second kappa shape index (κ2) is 17.6.